The number of nitrogens with one attached hydrogen (secondary N) is 1. The Bertz CT molecular complexity index is 406. The maximum absolute atomic E-state index is 5.55. The molecule has 1 saturated carbocycles. The first-order valence-electron chi connectivity index (χ1n) is 7.33. The molecule has 0 saturated heterocycles. The van der Waals surface area contributed by atoms with E-state index in [1.54, 1.807) is 6.33 Å². The molecule has 0 aromatic carbocycles. The third-order valence-corrected chi connectivity index (χ3v) is 3.93. The van der Waals surface area contributed by atoms with E-state index in [1.807, 2.05) is 6.07 Å². The minimum Gasteiger partial charge on any atom is -0.478 e. The molecule has 4 nitrogen and oxygen atoms in total. The van der Waals surface area contributed by atoms with Crippen LogP contribution in [0.2, 0.25) is 0 Å². The fourth-order valence-corrected chi connectivity index (χ4v) is 2.64. The fourth-order valence-electron chi connectivity index (χ4n) is 2.64. The van der Waals surface area contributed by atoms with Gasteiger partial charge in [-0.1, -0.05) is 33.6 Å². The molecule has 1 aromatic rings. The van der Waals surface area contributed by atoms with Gasteiger partial charge < -0.3 is 10.1 Å². The van der Waals surface area contributed by atoms with Crippen LogP contribution in [-0.2, 0) is 0 Å². The molecule has 4 heteroatoms. The van der Waals surface area contributed by atoms with Gasteiger partial charge in [0, 0.05) is 12.1 Å². The lowest BCUT2D eigenvalue weighted by Crippen LogP contribution is -2.39. The van der Waals surface area contributed by atoms with Gasteiger partial charge in [-0.05, 0) is 24.7 Å². The van der Waals surface area contributed by atoms with E-state index in [0.29, 0.717) is 23.9 Å². The average Bonchev–Trinajstić information content (AvgIpc) is 2.39. The normalized spacial score (nSPS) is 21.9. The summed E-state index contributed by atoms with van der Waals surface area (Å²) in [6.07, 6.45) is 7.67. The summed E-state index contributed by atoms with van der Waals surface area (Å²) < 4.78 is 5.55. The molecular weight excluding hydrogens is 238 g/mol. The predicted octanol–water partition coefficient (Wildman–Crippen LogP) is 3.65. The molecular formula is C15H25N3O. The van der Waals surface area contributed by atoms with E-state index in [0.717, 1.165) is 12.2 Å². The number of anilines is 1. The van der Waals surface area contributed by atoms with Gasteiger partial charge in [-0.25, -0.2) is 9.97 Å². The monoisotopic (exact) mass is 263 g/mol. The van der Waals surface area contributed by atoms with Crippen LogP contribution >= 0.6 is 0 Å². The number of rotatable bonds is 5. The molecule has 106 valence electrons. The second kappa shape index (κ2) is 6.22. The lowest BCUT2D eigenvalue weighted by molar-refractivity contribution is 0.216. The highest BCUT2D eigenvalue weighted by molar-refractivity contribution is 5.38. The van der Waals surface area contributed by atoms with Gasteiger partial charge in [-0.15, -0.1) is 0 Å². The van der Waals surface area contributed by atoms with Crippen molar-refractivity contribution in [1.29, 1.82) is 0 Å². The van der Waals surface area contributed by atoms with Gasteiger partial charge in [-0.2, -0.15) is 0 Å². The summed E-state index contributed by atoms with van der Waals surface area (Å²) in [7, 11) is 0. The second-order valence-corrected chi connectivity index (χ2v) is 6.02. The second-order valence-electron chi connectivity index (χ2n) is 6.02. The molecule has 0 bridgehead atoms. The third-order valence-electron chi connectivity index (χ3n) is 3.93. The minimum absolute atomic E-state index is 0.327. The Balaban J connectivity index is 2.01. The molecule has 0 spiro atoms. The van der Waals surface area contributed by atoms with Crippen molar-refractivity contribution in [3.8, 4) is 5.88 Å². The van der Waals surface area contributed by atoms with Gasteiger partial charge in [0.1, 0.15) is 12.1 Å². The zero-order valence-corrected chi connectivity index (χ0v) is 12.3. The van der Waals surface area contributed by atoms with Gasteiger partial charge in [0.25, 0.3) is 0 Å². The molecule has 1 aromatic heterocycles. The van der Waals surface area contributed by atoms with Crippen molar-refractivity contribution >= 4 is 5.82 Å². The van der Waals surface area contributed by atoms with E-state index in [4.69, 9.17) is 4.74 Å². The summed E-state index contributed by atoms with van der Waals surface area (Å²) in [4.78, 5) is 8.44. The van der Waals surface area contributed by atoms with E-state index in [1.165, 1.54) is 25.7 Å². The Morgan fingerprint density at radius 3 is 2.95 bits per heavy atom. The summed E-state index contributed by atoms with van der Waals surface area (Å²) in [6, 6.07) is 2.38. The van der Waals surface area contributed by atoms with E-state index in [2.05, 4.69) is 36.1 Å². The van der Waals surface area contributed by atoms with Crippen molar-refractivity contribution in [3.05, 3.63) is 12.4 Å². The zero-order chi connectivity index (χ0) is 13.7. The number of ether oxygens (including phenoxy) is 1. The number of aromatic nitrogens is 2. The predicted molar refractivity (Wildman–Crippen MR) is 77.5 cm³/mol. The largest absolute Gasteiger partial charge is 0.478 e. The van der Waals surface area contributed by atoms with Crippen LogP contribution in [0.15, 0.2) is 12.4 Å². The van der Waals surface area contributed by atoms with Crippen LogP contribution in [-0.4, -0.2) is 22.6 Å². The Morgan fingerprint density at radius 1 is 1.37 bits per heavy atom. The van der Waals surface area contributed by atoms with Crippen molar-refractivity contribution in [2.45, 2.75) is 58.9 Å². The van der Waals surface area contributed by atoms with E-state index < -0.39 is 0 Å². The molecule has 0 amide bonds. The maximum atomic E-state index is 5.55. The Labute approximate surface area is 116 Å². The van der Waals surface area contributed by atoms with E-state index in [-0.39, 0.29) is 0 Å². The van der Waals surface area contributed by atoms with Crippen LogP contribution in [0.1, 0.15) is 52.9 Å². The van der Waals surface area contributed by atoms with Crippen LogP contribution in [0, 0.1) is 5.41 Å². The van der Waals surface area contributed by atoms with Gasteiger partial charge >= 0.3 is 0 Å². The molecule has 1 atom stereocenters. The highest BCUT2D eigenvalue weighted by atomic mass is 16.5. The molecule has 19 heavy (non-hydrogen) atoms. The highest BCUT2D eigenvalue weighted by Gasteiger charge is 2.32. The first kappa shape index (κ1) is 14.1. The lowest BCUT2D eigenvalue weighted by atomic mass is 9.73. The van der Waals surface area contributed by atoms with Crippen LogP contribution in [0.25, 0.3) is 0 Å². The van der Waals surface area contributed by atoms with Gasteiger partial charge in [-0.3, -0.25) is 0 Å². The number of hydrogen-bond acceptors (Lipinski definition) is 4. The molecule has 1 N–H and O–H groups in total. The topological polar surface area (TPSA) is 47.0 Å². The number of hydrogen-bond donors (Lipinski definition) is 1. The van der Waals surface area contributed by atoms with Crippen molar-refractivity contribution < 1.29 is 4.74 Å². The SMILES string of the molecule is CCCOc1cc(NC2CCCCC2(C)C)ncn1. The molecule has 1 heterocycles. The van der Waals surface area contributed by atoms with Crippen LogP contribution in [0.3, 0.4) is 0 Å². The quantitative estimate of drug-likeness (QED) is 0.881. The highest BCUT2D eigenvalue weighted by Crippen LogP contribution is 2.37. The zero-order valence-electron chi connectivity index (χ0n) is 12.3. The van der Waals surface area contributed by atoms with Crippen LogP contribution in [0.4, 0.5) is 5.82 Å². The first-order valence-corrected chi connectivity index (χ1v) is 7.33. The molecule has 2 rings (SSSR count). The number of nitrogens with zero attached hydrogens (tertiary/aromatic N) is 2. The summed E-state index contributed by atoms with van der Waals surface area (Å²) in [6.45, 7) is 7.45. The van der Waals surface area contributed by atoms with Crippen molar-refractivity contribution in [3.63, 3.8) is 0 Å². The van der Waals surface area contributed by atoms with Gasteiger partial charge in [0.15, 0.2) is 0 Å². The summed E-state index contributed by atoms with van der Waals surface area (Å²) >= 11 is 0. The van der Waals surface area contributed by atoms with Crippen molar-refractivity contribution in [2.75, 3.05) is 11.9 Å². The Hall–Kier alpha value is -1.32. The Morgan fingerprint density at radius 2 is 2.21 bits per heavy atom. The molecule has 1 aliphatic carbocycles. The van der Waals surface area contributed by atoms with Crippen LogP contribution in [0.5, 0.6) is 5.88 Å². The molecule has 0 radical (unpaired) electrons. The molecule has 0 aliphatic heterocycles. The van der Waals surface area contributed by atoms with Gasteiger partial charge in [0.05, 0.1) is 6.61 Å². The smallest absolute Gasteiger partial charge is 0.218 e. The third kappa shape index (κ3) is 3.82. The summed E-state index contributed by atoms with van der Waals surface area (Å²) in [5.41, 5.74) is 0.327. The standard InChI is InChI=1S/C15H25N3O/c1-4-9-19-14-10-13(16-11-17-14)18-12-7-5-6-8-15(12,2)3/h10-12H,4-9H2,1-3H3,(H,16,17,18). The first-order chi connectivity index (χ1) is 9.12. The van der Waals surface area contributed by atoms with Crippen LogP contribution < -0.4 is 10.1 Å². The Kier molecular flexibility index (Phi) is 4.61. The molecule has 1 unspecified atom stereocenters. The fraction of sp³-hybridized carbons (Fsp3) is 0.733. The minimum atomic E-state index is 0.327. The van der Waals surface area contributed by atoms with Gasteiger partial charge in [0.2, 0.25) is 5.88 Å². The molecule has 1 aliphatic rings. The molecule has 1 fully saturated rings. The van der Waals surface area contributed by atoms with Crippen molar-refractivity contribution in [2.24, 2.45) is 5.41 Å². The maximum Gasteiger partial charge on any atom is 0.218 e. The summed E-state index contributed by atoms with van der Waals surface area (Å²) in [5, 5.41) is 3.56. The average molecular weight is 263 g/mol. The van der Waals surface area contributed by atoms with E-state index >= 15 is 0 Å². The summed E-state index contributed by atoms with van der Waals surface area (Å²) in [5.74, 6) is 1.54. The van der Waals surface area contributed by atoms with E-state index in [9.17, 15) is 0 Å². The lowest BCUT2D eigenvalue weighted by Gasteiger charge is -2.39. The van der Waals surface area contributed by atoms with Crippen molar-refractivity contribution in [1.82, 2.24) is 9.97 Å².